The van der Waals surface area contributed by atoms with Crippen LogP contribution in [0, 0.1) is 5.92 Å². The first kappa shape index (κ1) is 8.53. The third-order valence-electron chi connectivity index (χ3n) is 2.43. The molecule has 3 heteroatoms. The lowest BCUT2D eigenvalue weighted by Crippen LogP contribution is -2.68. The number of quaternary nitrogens is 1. The van der Waals surface area contributed by atoms with Crippen LogP contribution < -0.4 is 10.8 Å². The molecular weight excluding hydrogens is 142 g/mol. The Morgan fingerprint density at radius 2 is 2.09 bits per heavy atom. The van der Waals surface area contributed by atoms with E-state index in [2.05, 4.69) is 5.73 Å². The van der Waals surface area contributed by atoms with E-state index in [1.165, 1.54) is 25.7 Å². The van der Waals surface area contributed by atoms with Gasteiger partial charge in [0.05, 0.1) is 5.97 Å². The fraction of sp³-hybridized carbons (Fsp3) is 0.875. The van der Waals surface area contributed by atoms with Gasteiger partial charge in [-0.1, -0.05) is 25.7 Å². The second kappa shape index (κ2) is 3.72. The van der Waals surface area contributed by atoms with E-state index in [1.807, 2.05) is 0 Å². The van der Waals surface area contributed by atoms with Crippen molar-refractivity contribution in [3.05, 3.63) is 0 Å². The Morgan fingerprint density at radius 3 is 2.55 bits per heavy atom. The van der Waals surface area contributed by atoms with Crippen LogP contribution in [0.2, 0.25) is 0 Å². The van der Waals surface area contributed by atoms with Gasteiger partial charge >= 0.3 is 0 Å². The van der Waals surface area contributed by atoms with Gasteiger partial charge in [0.2, 0.25) is 0 Å². The molecule has 0 radical (unpaired) electrons. The van der Waals surface area contributed by atoms with Crippen molar-refractivity contribution >= 4 is 5.97 Å². The molecule has 3 N–H and O–H groups in total. The van der Waals surface area contributed by atoms with Crippen LogP contribution in [0.4, 0.5) is 0 Å². The number of carbonyl (C=O) groups excluding carboxylic acids is 1. The molecule has 0 aromatic rings. The zero-order chi connectivity index (χ0) is 8.27. The van der Waals surface area contributed by atoms with E-state index in [-0.39, 0.29) is 0 Å². The monoisotopic (exact) mass is 157 g/mol. The zero-order valence-corrected chi connectivity index (χ0v) is 6.71. The molecule has 11 heavy (non-hydrogen) atoms. The van der Waals surface area contributed by atoms with Crippen molar-refractivity contribution in [2.24, 2.45) is 5.92 Å². The summed E-state index contributed by atoms with van der Waals surface area (Å²) >= 11 is 0. The molecule has 0 aliphatic heterocycles. The lowest BCUT2D eigenvalue weighted by Gasteiger charge is -2.13. The highest BCUT2D eigenvalue weighted by Crippen LogP contribution is 2.27. The maximum absolute atomic E-state index is 10.3. The van der Waals surface area contributed by atoms with Crippen LogP contribution in [0.15, 0.2) is 0 Å². The largest absolute Gasteiger partial charge is 0.544 e. The molecule has 1 aliphatic rings. The minimum atomic E-state index is -1.00. The summed E-state index contributed by atoms with van der Waals surface area (Å²) in [6, 6.07) is -0.502. The minimum absolute atomic E-state index is 0.502. The van der Waals surface area contributed by atoms with Crippen molar-refractivity contribution in [2.75, 3.05) is 0 Å². The van der Waals surface area contributed by atoms with Crippen molar-refractivity contribution in [2.45, 2.75) is 38.1 Å². The van der Waals surface area contributed by atoms with E-state index in [0.29, 0.717) is 12.3 Å². The number of carboxylic acids is 1. The van der Waals surface area contributed by atoms with Gasteiger partial charge in [0.25, 0.3) is 0 Å². The molecule has 1 saturated carbocycles. The number of carbonyl (C=O) groups is 1. The number of aliphatic carboxylic acids is 1. The van der Waals surface area contributed by atoms with Gasteiger partial charge < -0.3 is 15.6 Å². The first-order chi connectivity index (χ1) is 5.20. The van der Waals surface area contributed by atoms with Gasteiger partial charge in [0.15, 0.2) is 0 Å². The Bertz CT molecular complexity index is 141. The number of carboxylic acid groups (broad SMARTS) is 1. The van der Waals surface area contributed by atoms with E-state index in [1.54, 1.807) is 0 Å². The highest BCUT2D eigenvalue weighted by molar-refractivity contribution is 5.69. The van der Waals surface area contributed by atoms with Crippen molar-refractivity contribution in [3.63, 3.8) is 0 Å². The van der Waals surface area contributed by atoms with Gasteiger partial charge in [-0.05, 0) is 5.92 Å². The van der Waals surface area contributed by atoms with Crippen LogP contribution in [-0.4, -0.2) is 12.0 Å². The van der Waals surface area contributed by atoms with Gasteiger partial charge in [-0.25, -0.2) is 0 Å². The van der Waals surface area contributed by atoms with E-state index in [9.17, 15) is 9.90 Å². The zero-order valence-electron chi connectivity index (χ0n) is 6.71. The fourth-order valence-corrected chi connectivity index (χ4v) is 1.74. The van der Waals surface area contributed by atoms with Gasteiger partial charge in [0.1, 0.15) is 6.04 Å². The van der Waals surface area contributed by atoms with Crippen LogP contribution in [0.25, 0.3) is 0 Å². The van der Waals surface area contributed by atoms with Crippen LogP contribution in [0.3, 0.4) is 0 Å². The molecule has 0 amide bonds. The number of rotatable bonds is 3. The van der Waals surface area contributed by atoms with Crippen LogP contribution in [0.1, 0.15) is 32.1 Å². The van der Waals surface area contributed by atoms with E-state index >= 15 is 0 Å². The minimum Gasteiger partial charge on any atom is -0.544 e. The molecule has 0 saturated heterocycles. The third kappa shape index (κ3) is 2.50. The summed E-state index contributed by atoms with van der Waals surface area (Å²) in [5, 5.41) is 10.3. The van der Waals surface area contributed by atoms with E-state index < -0.39 is 12.0 Å². The molecule has 0 unspecified atom stereocenters. The van der Waals surface area contributed by atoms with Crippen LogP contribution in [0.5, 0.6) is 0 Å². The molecule has 1 aliphatic carbocycles. The molecule has 1 fully saturated rings. The number of hydrogen-bond acceptors (Lipinski definition) is 2. The molecule has 1 rings (SSSR count). The summed E-state index contributed by atoms with van der Waals surface area (Å²) in [5.74, 6) is -0.410. The average Bonchev–Trinajstić information content (AvgIpc) is 2.39. The van der Waals surface area contributed by atoms with Gasteiger partial charge in [0, 0.05) is 6.42 Å². The fourth-order valence-electron chi connectivity index (χ4n) is 1.74. The predicted octanol–water partition coefficient (Wildman–Crippen LogP) is -1.07. The Hall–Kier alpha value is -0.570. The summed E-state index contributed by atoms with van der Waals surface area (Å²) in [6.45, 7) is 0. The second-order valence-electron chi connectivity index (χ2n) is 3.40. The molecule has 0 bridgehead atoms. The highest BCUT2D eigenvalue weighted by Gasteiger charge is 2.20. The van der Waals surface area contributed by atoms with E-state index in [4.69, 9.17) is 0 Å². The van der Waals surface area contributed by atoms with Crippen LogP contribution >= 0.6 is 0 Å². The van der Waals surface area contributed by atoms with Crippen molar-refractivity contribution in [3.8, 4) is 0 Å². The highest BCUT2D eigenvalue weighted by atomic mass is 16.4. The SMILES string of the molecule is [NH3+][C@H](CC1CCCC1)C(=O)[O-]. The molecule has 0 aromatic heterocycles. The number of hydrogen-bond donors (Lipinski definition) is 1. The smallest absolute Gasteiger partial charge is 0.125 e. The molecule has 0 heterocycles. The average molecular weight is 157 g/mol. The maximum atomic E-state index is 10.3. The van der Waals surface area contributed by atoms with Gasteiger partial charge in [-0.3, -0.25) is 0 Å². The Morgan fingerprint density at radius 1 is 1.55 bits per heavy atom. The van der Waals surface area contributed by atoms with Gasteiger partial charge in [-0.15, -0.1) is 0 Å². The van der Waals surface area contributed by atoms with Crippen molar-refractivity contribution < 1.29 is 15.6 Å². The third-order valence-corrected chi connectivity index (χ3v) is 2.43. The molecule has 3 nitrogen and oxygen atoms in total. The quantitative estimate of drug-likeness (QED) is 0.566. The Kier molecular flexibility index (Phi) is 2.88. The lowest BCUT2D eigenvalue weighted by atomic mass is 9.99. The summed E-state index contributed by atoms with van der Waals surface area (Å²) in [4.78, 5) is 10.3. The van der Waals surface area contributed by atoms with Crippen LogP contribution in [-0.2, 0) is 4.79 Å². The van der Waals surface area contributed by atoms with Gasteiger partial charge in [-0.2, -0.15) is 0 Å². The molecule has 0 spiro atoms. The summed E-state index contributed by atoms with van der Waals surface area (Å²) in [5.41, 5.74) is 3.54. The summed E-state index contributed by atoms with van der Waals surface area (Å²) in [7, 11) is 0. The predicted molar refractivity (Wildman–Crippen MR) is 38.3 cm³/mol. The summed E-state index contributed by atoms with van der Waals surface area (Å²) < 4.78 is 0. The van der Waals surface area contributed by atoms with Crippen molar-refractivity contribution in [1.29, 1.82) is 0 Å². The van der Waals surface area contributed by atoms with E-state index in [0.717, 1.165) is 0 Å². The second-order valence-corrected chi connectivity index (χ2v) is 3.40. The first-order valence-electron chi connectivity index (χ1n) is 4.24. The molecular formula is C8H15NO2. The maximum Gasteiger partial charge on any atom is 0.125 e. The molecule has 1 atom stereocenters. The van der Waals surface area contributed by atoms with Crippen molar-refractivity contribution in [1.82, 2.24) is 0 Å². The topological polar surface area (TPSA) is 67.8 Å². The molecule has 64 valence electrons. The Labute approximate surface area is 66.6 Å². The Balaban J connectivity index is 2.23. The lowest BCUT2D eigenvalue weighted by molar-refractivity contribution is -0.440. The normalized spacial score (nSPS) is 21.9. The molecule has 0 aromatic carbocycles. The standard InChI is InChI=1S/C8H15NO2/c9-7(8(10)11)5-6-3-1-2-4-6/h6-7H,1-5,9H2,(H,10,11)/t7-/m1/s1. The summed E-state index contributed by atoms with van der Waals surface area (Å²) in [6.07, 6.45) is 5.58. The first-order valence-corrected chi connectivity index (χ1v) is 4.24.